The van der Waals surface area contributed by atoms with Gasteiger partial charge in [-0.15, -0.1) is 0 Å². The van der Waals surface area contributed by atoms with Gasteiger partial charge < -0.3 is 16.3 Å². The molecule has 0 saturated heterocycles. The smallest absolute Gasteiger partial charge is 0.238 e. The van der Waals surface area contributed by atoms with Gasteiger partial charge in [-0.05, 0) is 47.0 Å². The van der Waals surface area contributed by atoms with Crippen LogP contribution in [-0.2, 0) is 4.79 Å². The topological polar surface area (TPSA) is 87.7 Å². The fourth-order valence-electron chi connectivity index (χ4n) is 2.05. The Kier molecular flexibility index (Phi) is 3.75. The lowest BCUT2D eigenvalue weighted by molar-refractivity contribution is -0.125. The molecule has 4 N–H and O–H groups in total. The lowest BCUT2D eigenvalue weighted by Gasteiger charge is -2.38. The molecule has 1 amide bonds. The van der Waals surface area contributed by atoms with Crippen molar-refractivity contribution in [2.45, 2.75) is 19.3 Å². The van der Waals surface area contributed by atoms with E-state index in [1.54, 1.807) is 0 Å². The number of anilines is 1. The second-order valence-electron chi connectivity index (χ2n) is 4.50. The molecule has 5 nitrogen and oxygen atoms in total. The van der Waals surface area contributed by atoms with Crippen LogP contribution < -0.4 is 11.1 Å². The summed E-state index contributed by atoms with van der Waals surface area (Å²) < 4.78 is 13.4. The number of oxime groups is 1. The van der Waals surface area contributed by atoms with E-state index in [4.69, 9.17) is 10.9 Å². The number of amidine groups is 1. The summed E-state index contributed by atoms with van der Waals surface area (Å²) in [7, 11) is 0. The SMILES string of the molecule is N/C(=N/O)C1(C(=O)Nc2ccc(F)c(Br)c2)CCC1. The Morgan fingerprint density at radius 2 is 2.21 bits per heavy atom. The average molecular weight is 330 g/mol. The molecule has 1 aromatic rings. The molecule has 102 valence electrons. The monoisotopic (exact) mass is 329 g/mol. The number of nitrogens with two attached hydrogens (primary N) is 1. The van der Waals surface area contributed by atoms with Gasteiger partial charge in [0.1, 0.15) is 11.2 Å². The molecule has 7 heteroatoms. The van der Waals surface area contributed by atoms with Gasteiger partial charge in [-0.25, -0.2) is 4.39 Å². The largest absolute Gasteiger partial charge is 0.409 e. The highest BCUT2D eigenvalue weighted by atomic mass is 79.9. The molecule has 1 aliphatic rings. The van der Waals surface area contributed by atoms with E-state index in [0.29, 0.717) is 18.5 Å². The van der Waals surface area contributed by atoms with Gasteiger partial charge >= 0.3 is 0 Å². The number of rotatable bonds is 3. The van der Waals surface area contributed by atoms with E-state index in [1.807, 2.05) is 0 Å². The van der Waals surface area contributed by atoms with Crippen molar-refractivity contribution < 1.29 is 14.4 Å². The Bertz CT molecular complexity index is 544. The summed E-state index contributed by atoms with van der Waals surface area (Å²) in [6, 6.07) is 4.17. The van der Waals surface area contributed by atoms with Crippen LogP contribution >= 0.6 is 15.9 Å². The van der Waals surface area contributed by atoms with Crippen LogP contribution in [0.5, 0.6) is 0 Å². The van der Waals surface area contributed by atoms with Crippen molar-refractivity contribution in [3.05, 3.63) is 28.5 Å². The minimum absolute atomic E-state index is 0.0857. The lowest BCUT2D eigenvalue weighted by atomic mass is 9.67. The van der Waals surface area contributed by atoms with E-state index >= 15 is 0 Å². The molecular formula is C12H13BrFN3O2. The lowest BCUT2D eigenvalue weighted by Crippen LogP contribution is -2.51. The molecule has 19 heavy (non-hydrogen) atoms. The minimum Gasteiger partial charge on any atom is -0.409 e. The zero-order valence-corrected chi connectivity index (χ0v) is 11.6. The third-order valence-electron chi connectivity index (χ3n) is 3.42. The Hall–Kier alpha value is -1.63. The molecule has 0 spiro atoms. The van der Waals surface area contributed by atoms with Crippen LogP contribution in [-0.4, -0.2) is 17.0 Å². The van der Waals surface area contributed by atoms with Crippen molar-refractivity contribution in [2.75, 3.05) is 5.32 Å². The molecule has 1 aliphatic carbocycles. The summed E-state index contributed by atoms with van der Waals surface area (Å²) in [4.78, 5) is 12.2. The third-order valence-corrected chi connectivity index (χ3v) is 4.02. The molecular weight excluding hydrogens is 317 g/mol. The van der Waals surface area contributed by atoms with E-state index in [-0.39, 0.29) is 16.2 Å². The molecule has 0 bridgehead atoms. The van der Waals surface area contributed by atoms with Crippen molar-refractivity contribution in [1.29, 1.82) is 0 Å². The van der Waals surface area contributed by atoms with E-state index in [9.17, 15) is 9.18 Å². The van der Waals surface area contributed by atoms with Crippen LogP contribution in [0, 0.1) is 11.2 Å². The van der Waals surface area contributed by atoms with Crippen LogP contribution in [0.25, 0.3) is 0 Å². The summed E-state index contributed by atoms with van der Waals surface area (Å²) in [6.07, 6.45) is 1.92. The molecule has 0 aromatic heterocycles. The van der Waals surface area contributed by atoms with Gasteiger partial charge in [-0.1, -0.05) is 11.6 Å². The van der Waals surface area contributed by atoms with Gasteiger partial charge in [0.2, 0.25) is 5.91 Å². The van der Waals surface area contributed by atoms with Crippen LogP contribution in [0.4, 0.5) is 10.1 Å². The van der Waals surface area contributed by atoms with Crippen molar-refractivity contribution in [3.8, 4) is 0 Å². The van der Waals surface area contributed by atoms with Gasteiger partial charge in [0.05, 0.1) is 4.47 Å². The van der Waals surface area contributed by atoms with Gasteiger partial charge in [-0.2, -0.15) is 0 Å². The van der Waals surface area contributed by atoms with Crippen LogP contribution in [0.1, 0.15) is 19.3 Å². The highest BCUT2D eigenvalue weighted by molar-refractivity contribution is 9.10. The Labute approximate surface area is 117 Å². The Balaban J connectivity index is 2.18. The molecule has 0 heterocycles. The number of hydrogen-bond donors (Lipinski definition) is 3. The number of carbonyl (C=O) groups excluding carboxylic acids is 1. The molecule has 0 aliphatic heterocycles. The second-order valence-corrected chi connectivity index (χ2v) is 5.36. The third kappa shape index (κ3) is 2.42. The van der Waals surface area contributed by atoms with Crippen molar-refractivity contribution in [3.63, 3.8) is 0 Å². The van der Waals surface area contributed by atoms with Gasteiger partial charge in [0.15, 0.2) is 5.84 Å². The molecule has 0 atom stereocenters. The summed E-state index contributed by atoms with van der Waals surface area (Å²) in [5.74, 6) is -0.835. The Morgan fingerprint density at radius 3 is 2.68 bits per heavy atom. The van der Waals surface area contributed by atoms with Gasteiger partial charge in [0, 0.05) is 5.69 Å². The number of nitrogens with zero attached hydrogens (tertiary/aromatic N) is 1. The maximum absolute atomic E-state index is 13.1. The number of amides is 1. The fraction of sp³-hybridized carbons (Fsp3) is 0.333. The highest BCUT2D eigenvalue weighted by Crippen LogP contribution is 2.42. The zero-order valence-electron chi connectivity index (χ0n) is 9.99. The number of carbonyl (C=O) groups is 1. The number of benzene rings is 1. The molecule has 1 saturated carbocycles. The first-order valence-electron chi connectivity index (χ1n) is 5.74. The number of halogens is 2. The zero-order chi connectivity index (χ0) is 14.0. The summed E-state index contributed by atoms with van der Waals surface area (Å²) in [6.45, 7) is 0. The molecule has 1 fully saturated rings. The molecule has 0 unspecified atom stereocenters. The van der Waals surface area contributed by atoms with E-state index in [1.165, 1.54) is 18.2 Å². The first kappa shape index (κ1) is 13.8. The highest BCUT2D eigenvalue weighted by Gasteiger charge is 2.48. The number of nitrogens with one attached hydrogen (secondary N) is 1. The van der Waals surface area contributed by atoms with Crippen LogP contribution in [0.3, 0.4) is 0 Å². The quantitative estimate of drug-likeness (QED) is 0.344. The van der Waals surface area contributed by atoms with Crippen molar-refractivity contribution in [1.82, 2.24) is 0 Å². The van der Waals surface area contributed by atoms with Crippen LogP contribution in [0.15, 0.2) is 27.8 Å². The molecule has 2 rings (SSSR count). The fourth-order valence-corrected chi connectivity index (χ4v) is 2.43. The standard InChI is InChI=1S/C12H13BrFN3O2/c13-8-6-7(2-3-9(8)14)16-11(18)12(4-1-5-12)10(15)17-19/h2-3,6,19H,1,4-5H2,(H2,15,17)(H,16,18). The predicted molar refractivity (Wildman–Crippen MR) is 72.4 cm³/mol. The van der Waals surface area contributed by atoms with E-state index in [2.05, 4.69) is 26.4 Å². The maximum Gasteiger partial charge on any atom is 0.238 e. The van der Waals surface area contributed by atoms with Crippen molar-refractivity contribution in [2.24, 2.45) is 16.3 Å². The summed E-state index contributed by atoms with van der Waals surface area (Å²) in [5, 5.41) is 14.4. The van der Waals surface area contributed by atoms with E-state index < -0.39 is 11.2 Å². The van der Waals surface area contributed by atoms with Gasteiger partial charge in [-0.3, -0.25) is 4.79 Å². The summed E-state index contributed by atoms with van der Waals surface area (Å²) >= 11 is 3.05. The summed E-state index contributed by atoms with van der Waals surface area (Å²) in [5.41, 5.74) is 5.10. The predicted octanol–water partition coefficient (Wildman–Crippen LogP) is 2.44. The first-order chi connectivity index (χ1) is 8.99. The molecule has 1 aromatic carbocycles. The van der Waals surface area contributed by atoms with Crippen molar-refractivity contribution >= 4 is 33.4 Å². The maximum atomic E-state index is 13.1. The first-order valence-corrected chi connectivity index (χ1v) is 6.53. The normalized spacial score (nSPS) is 17.7. The Morgan fingerprint density at radius 1 is 1.53 bits per heavy atom. The second kappa shape index (κ2) is 5.16. The number of hydrogen-bond acceptors (Lipinski definition) is 3. The average Bonchev–Trinajstić information content (AvgIpc) is 2.32. The van der Waals surface area contributed by atoms with Gasteiger partial charge in [0.25, 0.3) is 0 Å². The minimum atomic E-state index is -0.949. The van der Waals surface area contributed by atoms with Crippen LogP contribution in [0.2, 0.25) is 0 Å². The molecule has 0 radical (unpaired) electrons. The van der Waals surface area contributed by atoms with E-state index in [0.717, 1.165) is 6.42 Å².